The highest BCUT2D eigenvalue weighted by Crippen LogP contribution is 2.22. The van der Waals surface area contributed by atoms with E-state index in [1.54, 1.807) is 0 Å². The highest BCUT2D eigenvalue weighted by atomic mass is 16.2. The maximum Gasteiger partial charge on any atom is 0.235 e. The van der Waals surface area contributed by atoms with E-state index in [0.29, 0.717) is 5.92 Å². The number of rotatable bonds is 5. The van der Waals surface area contributed by atoms with Crippen LogP contribution in [0.25, 0.3) is 0 Å². The van der Waals surface area contributed by atoms with Crippen LogP contribution in [0.15, 0.2) is 6.07 Å². The molecule has 0 bridgehead atoms. The average molecular weight is 348 g/mol. The third-order valence-electron chi connectivity index (χ3n) is 4.80. The Labute approximate surface area is 150 Å². The fraction of sp³-hybridized carbons (Fsp3) is 0.684. The lowest BCUT2D eigenvalue weighted by Gasteiger charge is -2.20. The predicted octanol–water partition coefficient (Wildman–Crippen LogP) is 2.18. The summed E-state index contributed by atoms with van der Waals surface area (Å²) in [5, 5.41) is 3.08. The SMILES string of the molecule is CC(=O)Nn1c(C)cc(CN2CCC(CNC(=O)C(C)(C)C)C2)c1C. The molecule has 140 valence electrons. The van der Waals surface area contributed by atoms with Crippen molar-refractivity contribution >= 4 is 11.8 Å². The van der Waals surface area contributed by atoms with Crippen molar-refractivity contribution in [2.24, 2.45) is 11.3 Å². The van der Waals surface area contributed by atoms with E-state index in [9.17, 15) is 9.59 Å². The molecule has 0 saturated carbocycles. The van der Waals surface area contributed by atoms with Crippen molar-refractivity contribution in [3.63, 3.8) is 0 Å². The molecule has 1 aliphatic rings. The van der Waals surface area contributed by atoms with Gasteiger partial charge in [0.05, 0.1) is 0 Å². The van der Waals surface area contributed by atoms with Crippen molar-refractivity contribution in [1.82, 2.24) is 14.9 Å². The molecule has 2 N–H and O–H groups in total. The second-order valence-corrected chi connectivity index (χ2v) is 8.25. The molecule has 0 aromatic carbocycles. The summed E-state index contributed by atoms with van der Waals surface area (Å²) in [5.41, 5.74) is 5.88. The quantitative estimate of drug-likeness (QED) is 0.857. The van der Waals surface area contributed by atoms with Crippen molar-refractivity contribution in [2.75, 3.05) is 25.1 Å². The van der Waals surface area contributed by atoms with Crippen LogP contribution in [0.1, 0.15) is 51.1 Å². The third-order valence-corrected chi connectivity index (χ3v) is 4.80. The highest BCUT2D eigenvalue weighted by Gasteiger charge is 2.26. The van der Waals surface area contributed by atoms with E-state index >= 15 is 0 Å². The van der Waals surface area contributed by atoms with Crippen LogP contribution in [-0.2, 0) is 16.1 Å². The lowest BCUT2D eigenvalue weighted by Crippen LogP contribution is -2.38. The summed E-state index contributed by atoms with van der Waals surface area (Å²) in [6.45, 7) is 15.0. The minimum absolute atomic E-state index is 0.0656. The standard InChI is InChI=1S/C19H32N4O2/c1-13-9-17(14(2)23(13)21-15(3)24)12-22-8-7-16(11-22)10-20-18(25)19(4,5)6/h9,16H,7-8,10-12H2,1-6H3,(H,20,25)(H,21,24). The first-order chi connectivity index (χ1) is 11.6. The van der Waals surface area contributed by atoms with E-state index in [4.69, 9.17) is 0 Å². The second-order valence-electron chi connectivity index (χ2n) is 8.25. The number of aromatic nitrogens is 1. The molecule has 1 saturated heterocycles. The van der Waals surface area contributed by atoms with Crippen LogP contribution < -0.4 is 10.7 Å². The normalized spacial score (nSPS) is 18.4. The molecular weight excluding hydrogens is 316 g/mol. The molecule has 25 heavy (non-hydrogen) atoms. The number of aryl methyl sites for hydroxylation is 1. The number of amides is 2. The molecule has 1 atom stereocenters. The molecule has 0 aliphatic carbocycles. The molecule has 6 nitrogen and oxygen atoms in total. The molecule has 2 amide bonds. The zero-order valence-electron chi connectivity index (χ0n) is 16.4. The van der Waals surface area contributed by atoms with Gasteiger partial charge in [-0.3, -0.25) is 24.6 Å². The highest BCUT2D eigenvalue weighted by molar-refractivity contribution is 5.81. The largest absolute Gasteiger partial charge is 0.355 e. The molecular formula is C19H32N4O2. The van der Waals surface area contributed by atoms with Gasteiger partial charge in [0.2, 0.25) is 11.8 Å². The molecule has 6 heteroatoms. The summed E-state index contributed by atoms with van der Waals surface area (Å²) >= 11 is 0. The molecule has 2 heterocycles. The summed E-state index contributed by atoms with van der Waals surface area (Å²) in [5.74, 6) is 0.555. The van der Waals surface area contributed by atoms with Crippen molar-refractivity contribution in [2.45, 2.75) is 54.5 Å². The number of nitrogens with zero attached hydrogens (tertiary/aromatic N) is 2. The van der Waals surface area contributed by atoms with E-state index in [1.165, 1.54) is 12.5 Å². The first-order valence-corrected chi connectivity index (χ1v) is 9.04. The molecule has 0 radical (unpaired) electrons. The van der Waals surface area contributed by atoms with Crippen LogP contribution in [-0.4, -0.2) is 41.0 Å². The Hall–Kier alpha value is -1.82. The number of hydrogen-bond donors (Lipinski definition) is 2. The van der Waals surface area contributed by atoms with Crippen molar-refractivity contribution in [1.29, 1.82) is 0 Å². The van der Waals surface area contributed by atoms with Crippen molar-refractivity contribution in [3.05, 3.63) is 23.0 Å². The van der Waals surface area contributed by atoms with E-state index < -0.39 is 0 Å². The molecule has 1 aromatic rings. The van der Waals surface area contributed by atoms with Gasteiger partial charge >= 0.3 is 0 Å². The fourth-order valence-corrected chi connectivity index (χ4v) is 3.29. The van der Waals surface area contributed by atoms with Gasteiger partial charge in [-0.05, 0) is 44.4 Å². The van der Waals surface area contributed by atoms with Gasteiger partial charge in [-0.1, -0.05) is 20.8 Å². The van der Waals surface area contributed by atoms with Crippen LogP contribution >= 0.6 is 0 Å². The van der Waals surface area contributed by atoms with Gasteiger partial charge in [0.15, 0.2) is 0 Å². The van der Waals surface area contributed by atoms with Crippen LogP contribution in [0.2, 0.25) is 0 Å². The number of nitrogens with one attached hydrogen (secondary N) is 2. The molecule has 1 aliphatic heterocycles. The van der Waals surface area contributed by atoms with Crippen LogP contribution in [0.4, 0.5) is 0 Å². The molecule has 1 aromatic heterocycles. The summed E-state index contributed by atoms with van der Waals surface area (Å²) < 4.78 is 1.86. The first-order valence-electron chi connectivity index (χ1n) is 9.04. The Bertz CT molecular complexity index is 643. The zero-order valence-corrected chi connectivity index (χ0v) is 16.4. The molecule has 2 rings (SSSR count). The minimum Gasteiger partial charge on any atom is -0.355 e. The Balaban J connectivity index is 1.89. The van der Waals surface area contributed by atoms with Crippen LogP contribution in [0, 0.1) is 25.2 Å². The minimum atomic E-state index is -0.334. The van der Waals surface area contributed by atoms with Crippen molar-refractivity contribution in [3.8, 4) is 0 Å². The lowest BCUT2D eigenvalue weighted by atomic mass is 9.95. The monoisotopic (exact) mass is 348 g/mol. The van der Waals surface area contributed by atoms with Gasteiger partial charge in [-0.25, -0.2) is 0 Å². The Morgan fingerprint density at radius 2 is 1.96 bits per heavy atom. The van der Waals surface area contributed by atoms with Gasteiger partial charge in [0.1, 0.15) is 0 Å². The van der Waals surface area contributed by atoms with Crippen LogP contribution in [0.3, 0.4) is 0 Å². The predicted molar refractivity (Wildman–Crippen MR) is 99.8 cm³/mol. The van der Waals surface area contributed by atoms with Gasteiger partial charge < -0.3 is 5.32 Å². The number of carbonyl (C=O) groups is 2. The first kappa shape index (κ1) is 19.5. The summed E-state index contributed by atoms with van der Waals surface area (Å²) in [6, 6.07) is 2.14. The summed E-state index contributed by atoms with van der Waals surface area (Å²) in [6.07, 6.45) is 1.11. The maximum atomic E-state index is 12.0. The molecule has 0 spiro atoms. The Morgan fingerprint density at radius 3 is 2.56 bits per heavy atom. The molecule has 1 fully saturated rings. The zero-order chi connectivity index (χ0) is 18.8. The number of likely N-dealkylation sites (tertiary alicyclic amines) is 1. The van der Waals surface area contributed by atoms with Crippen molar-refractivity contribution < 1.29 is 9.59 Å². The van der Waals surface area contributed by atoms with Gasteiger partial charge in [-0.2, -0.15) is 0 Å². The summed E-state index contributed by atoms with van der Waals surface area (Å²) in [4.78, 5) is 25.8. The van der Waals surface area contributed by atoms with E-state index in [1.807, 2.05) is 39.3 Å². The fourth-order valence-electron chi connectivity index (χ4n) is 3.29. The number of carbonyl (C=O) groups excluding carboxylic acids is 2. The average Bonchev–Trinajstić information content (AvgIpc) is 3.04. The Kier molecular flexibility index (Phi) is 5.93. The topological polar surface area (TPSA) is 66.4 Å². The second kappa shape index (κ2) is 7.60. The summed E-state index contributed by atoms with van der Waals surface area (Å²) in [7, 11) is 0. The lowest BCUT2D eigenvalue weighted by molar-refractivity contribution is -0.128. The van der Waals surface area contributed by atoms with E-state index in [0.717, 1.165) is 44.0 Å². The van der Waals surface area contributed by atoms with E-state index in [-0.39, 0.29) is 17.2 Å². The van der Waals surface area contributed by atoms with Gasteiger partial charge in [0, 0.05) is 43.4 Å². The van der Waals surface area contributed by atoms with E-state index in [2.05, 4.69) is 21.7 Å². The Morgan fingerprint density at radius 1 is 1.28 bits per heavy atom. The number of hydrogen-bond acceptors (Lipinski definition) is 3. The van der Waals surface area contributed by atoms with Gasteiger partial charge in [0.25, 0.3) is 0 Å². The third kappa shape index (κ3) is 5.08. The van der Waals surface area contributed by atoms with Gasteiger partial charge in [-0.15, -0.1) is 0 Å². The smallest absolute Gasteiger partial charge is 0.235 e. The maximum absolute atomic E-state index is 12.0. The van der Waals surface area contributed by atoms with Crippen LogP contribution in [0.5, 0.6) is 0 Å². The molecule has 1 unspecified atom stereocenters.